The van der Waals surface area contributed by atoms with Crippen LogP contribution in [0, 0.1) is 0 Å². The first-order valence-electron chi connectivity index (χ1n) is 5.82. The van der Waals surface area contributed by atoms with Crippen LogP contribution < -0.4 is 10.9 Å². The molecule has 0 unspecified atom stereocenters. The van der Waals surface area contributed by atoms with Gasteiger partial charge in [-0.2, -0.15) is 0 Å². The van der Waals surface area contributed by atoms with Crippen molar-refractivity contribution in [2.75, 3.05) is 13.1 Å². The molecule has 18 heavy (non-hydrogen) atoms. The summed E-state index contributed by atoms with van der Waals surface area (Å²) in [6, 6.07) is 8.41. The van der Waals surface area contributed by atoms with Gasteiger partial charge in [0, 0.05) is 24.7 Å². The number of nitrogens with one attached hydrogen (secondary N) is 2. The van der Waals surface area contributed by atoms with Gasteiger partial charge >= 0.3 is 7.69 Å². The van der Waals surface area contributed by atoms with E-state index in [0.717, 1.165) is 18.6 Å². The normalized spacial score (nSPS) is 14.1. The first kappa shape index (κ1) is 13.0. The van der Waals surface area contributed by atoms with Crippen molar-refractivity contribution >= 4 is 18.6 Å². The standard InChI is InChI=1S/C9H5N.C3H8N2.BH2O2/c1-2-7-8-4-6(8)5-9(7)10-3-1;1-2-4-5-3-1;2-1-3/h1-5H;4-5H,1-3H2;2-3H. The Morgan fingerprint density at radius 1 is 1.17 bits per heavy atom. The van der Waals surface area contributed by atoms with Gasteiger partial charge in [0.2, 0.25) is 0 Å². The van der Waals surface area contributed by atoms with E-state index in [1.165, 1.54) is 22.9 Å². The van der Waals surface area contributed by atoms with Crippen LogP contribution in [0.25, 0.3) is 22.0 Å². The molecule has 1 aromatic rings. The molecule has 3 aliphatic rings. The lowest BCUT2D eigenvalue weighted by Gasteiger charge is -1.84. The molecule has 0 atom stereocenters. The summed E-state index contributed by atoms with van der Waals surface area (Å²) in [5, 5.41) is 15.3. The maximum Gasteiger partial charge on any atom is 0.482 e. The van der Waals surface area contributed by atoms with E-state index in [-0.39, 0.29) is 7.69 Å². The van der Waals surface area contributed by atoms with Gasteiger partial charge < -0.3 is 10.0 Å². The van der Waals surface area contributed by atoms with Gasteiger partial charge in [0.25, 0.3) is 0 Å². The predicted octanol–water partition coefficient (Wildman–Crippen LogP) is 0.205. The molecule has 4 N–H and O–H groups in total. The zero-order valence-corrected chi connectivity index (χ0v) is 9.93. The molecule has 0 spiro atoms. The van der Waals surface area contributed by atoms with Gasteiger partial charge in [0.1, 0.15) is 0 Å². The van der Waals surface area contributed by atoms with Crippen LogP contribution in [0.1, 0.15) is 6.42 Å². The molecule has 6 heteroatoms. The number of hydrazine groups is 1. The summed E-state index contributed by atoms with van der Waals surface area (Å²) in [6.07, 6.45) is 3.11. The quantitative estimate of drug-likeness (QED) is 0.425. The number of rotatable bonds is 0. The molecule has 2 aliphatic carbocycles. The molecule has 0 bridgehead atoms. The topological polar surface area (TPSA) is 77.4 Å². The Bertz CT molecular complexity index is 510. The van der Waals surface area contributed by atoms with Crippen LogP contribution in [0.2, 0.25) is 0 Å². The first-order chi connectivity index (χ1) is 8.86. The SMILES string of the molecule is C1CNNC1.O[B]O.c1cnc2cc3cc-3c2c1. The van der Waals surface area contributed by atoms with E-state index in [0.29, 0.717) is 0 Å². The minimum absolute atomic E-state index is 0. The van der Waals surface area contributed by atoms with Crippen LogP contribution in [-0.4, -0.2) is 35.8 Å². The number of pyridine rings is 1. The van der Waals surface area contributed by atoms with Gasteiger partial charge in [-0.3, -0.25) is 15.8 Å². The Labute approximate surface area is 106 Å². The van der Waals surface area contributed by atoms with Gasteiger partial charge in [0.15, 0.2) is 0 Å². The lowest BCUT2D eigenvalue weighted by atomic mass is 10.3. The smallest absolute Gasteiger partial charge is 0.429 e. The number of hydrogen-bond acceptors (Lipinski definition) is 5. The maximum atomic E-state index is 7.00. The minimum atomic E-state index is 0. The Balaban J connectivity index is 0.000000128. The van der Waals surface area contributed by atoms with Crippen molar-refractivity contribution in [3.05, 3.63) is 30.5 Å². The molecular weight excluding hydrogens is 229 g/mol. The van der Waals surface area contributed by atoms with Crippen LogP contribution in [-0.2, 0) is 0 Å². The Morgan fingerprint density at radius 2 is 1.89 bits per heavy atom. The third kappa shape index (κ3) is 3.27. The number of aromatic nitrogens is 1. The Kier molecular flexibility index (Phi) is 4.66. The van der Waals surface area contributed by atoms with Gasteiger partial charge in [-0.05, 0) is 35.7 Å². The molecule has 1 radical (unpaired) electrons. The Morgan fingerprint density at radius 3 is 2.44 bits per heavy atom. The van der Waals surface area contributed by atoms with Crippen molar-refractivity contribution in [3.8, 4) is 11.1 Å². The molecule has 1 saturated heterocycles. The Hall–Kier alpha value is -1.47. The van der Waals surface area contributed by atoms with Crippen LogP contribution in [0.15, 0.2) is 30.5 Å². The number of benzene rings is 1. The minimum Gasteiger partial charge on any atom is -0.429 e. The fourth-order valence-electron chi connectivity index (χ4n) is 1.82. The van der Waals surface area contributed by atoms with Crippen molar-refractivity contribution in [2.45, 2.75) is 6.42 Å². The van der Waals surface area contributed by atoms with Crippen molar-refractivity contribution in [3.63, 3.8) is 0 Å². The van der Waals surface area contributed by atoms with Crippen molar-refractivity contribution < 1.29 is 10.0 Å². The van der Waals surface area contributed by atoms with E-state index >= 15 is 0 Å². The summed E-state index contributed by atoms with van der Waals surface area (Å²) in [6.45, 7) is 2.28. The summed E-state index contributed by atoms with van der Waals surface area (Å²) < 4.78 is 0. The lowest BCUT2D eigenvalue weighted by Crippen LogP contribution is -2.21. The third-order valence-electron chi connectivity index (χ3n) is 2.68. The zero-order chi connectivity index (χ0) is 12.8. The highest BCUT2D eigenvalue weighted by molar-refractivity contribution is 6.13. The number of hydrogen-bond donors (Lipinski definition) is 4. The average Bonchev–Trinajstić information content (AvgIpc) is 2.87. The average molecular weight is 244 g/mol. The molecule has 1 aliphatic heterocycles. The number of fused-ring (bicyclic) bond motifs is 3. The van der Waals surface area contributed by atoms with Crippen LogP contribution in [0.4, 0.5) is 0 Å². The van der Waals surface area contributed by atoms with Crippen molar-refractivity contribution in [2.24, 2.45) is 0 Å². The van der Waals surface area contributed by atoms with Gasteiger partial charge in [-0.1, -0.05) is 6.07 Å². The second kappa shape index (κ2) is 6.46. The van der Waals surface area contributed by atoms with Crippen molar-refractivity contribution in [1.29, 1.82) is 0 Å². The fraction of sp³-hybridized carbons (Fsp3) is 0.250. The summed E-state index contributed by atoms with van der Waals surface area (Å²) in [7, 11) is 0. The largest absolute Gasteiger partial charge is 0.482 e. The molecule has 1 fully saturated rings. The highest BCUT2D eigenvalue weighted by Crippen LogP contribution is 2.41. The fourth-order valence-corrected chi connectivity index (χ4v) is 1.82. The summed E-state index contributed by atoms with van der Waals surface area (Å²) in [5.41, 5.74) is 9.84. The zero-order valence-electron chi connectivity index (χ0n) is 9.93. The summed E-state index contributed by atoms with van der Waals surface area (Å²) >= 11 is 0. The van der Waals surface area contributed by atoms with Crippen LogP contribution in [0.5, 0.6) is 0 Å². The van der Waals surface area contributed by atoms with Gasteiger partial charge in [-0.25, -0.2) is 0 Å². The van der Waals surface area contributed by atoms with Gasteiger partial charge in [-0.15, -0.1) is 0 Å². The summed E-state index contributed by atoms with van der Waals surface area (Å²) in [5.74, 6) is 0. The van der Waals surface area contributed by atoms with Gasteiger partial charge in [0.05, 0.1) is 5.52 Å². The van der Waals surface area contributed by atoms with Crippen LogP contribution >= 0.6 is 0 Å². The molecular formula is C12H15BN3O2. The van der Waals surface area contributed by atoms with E-state index < -0.39 is 0 Å². The monoisotopic (exact) mass is 244 g/mol. The second-order valence-electron chi connectivity index (χ2n) is 3.92. The van der Waals surface area contributed by atoms with E-state index in [9.17, 15) is 0 Å². The molecule has 0 amide bonds. The third-order valence-corrected chi connectivity index (χ3v) is 2.68. The van der Waals surface area contributed by atoms with Crippen molar-refractivity contribution in [1.82, 2.24) is 15.8 Å². The molecule has 4 rings (SSSR count). The first-order valence-corrected chi connectivity index (χ1v) is 5.82. The predicted molar refractivity (Wildman–Crippen MR) is 71.6 cm³/mol. The molecule has 5 nitrogen and oxygen atoms in total. The molecule has 2 heterocycles. The molecule has 0 saturated carbocycles. The summed E-state index contributed by atoms with van der Waals surface area (Å²) in [4.78, 5) is 4.22. The number of nitrogens with zero attached hydrogens (tertiary/aromatic N) is 1. The highest BCUT2D eigenvalue weighted by Gasteiger charge is 2.16. The molecule has 1 aromatic heterocycles. The van der Waals surface area contributed by atoms with E-state index in [4.69, 9.17) is 10.0 Å². The lowest BCUT2D eigenvalue weighted by molar-refractivity contribution is 0.448. The van der Waals surface area contributed by atoms with E-state index in [1.54, 1.807) is 0 Å². The van der Waals surface area contributed by atoms with Crippen LogP contribution in [0.3, 0.4) is 0 Å². The van der Waals surface area contributed by atoms with E-state index in [2.05, 4.69) is 34.0 Å². The maximum absolute atomic E-state index is 7.00. The second-order valence-corrected chi connectivity index (χ2v) is 3.92. The highest BCUT2D eigenvalue weighted by atomic mass is 16.4. The molecule has 0 aromatic carbocycles. The van der Waals surface area contributed by atoms with E-state index in [1.807, 2.05) is 12.3 Å². The molecule has 93 valence electrons.